The van der Waals surface area contributed by atoms with Crippen LogP contribution in [0.5, 0.6) is 0 Å². The maximum Gasteiger partial charge on any atom is 0.308 e. The number of esters is 1. The van der Waals surface area contributed by atoms with Crippen molar-refractivity contribution in [2.45, 2.75) is 100 Å². The number of aliphatic hydroxyl groups excluding tert-OH is 9. The molecule has 2 aliphatic rings. The molecular weight excluding hydrogens is 720 g/mol. The fraction of sp³-hybridized carbons (Fsp3) is 0.938. The van der Waals surface area contributed by atoms with E-state index in [2.05, 4.69) is 0 Å². The summed E-state index contributed by atoms with van der Waals surface area (Å²) >= 11 is 0. The number of methoxy groups -OCH3 is 4. The molecule has 13 unspecified atom stereocenters. The van der Waals surface area contributed by atoms with Gasteiger partial charge in [0.1, 0.15) is 67.6 Å². The van der Waals surface area contributed by atoms with Gasteiger partial charge in [0, 0.05) is 41.7 Å². The Morgan fingerprint density at radius 2 is 1.02 bits per heavy atom. The molecule has 0 bridgehead atoms. The van der Waals surface area contributed by atoms with Crippen molar-refractivity contribution >= 4 is 11.9 Å². The highest BCUT2D eigenvalue weighted by molar-refractivity contribution is 5.72. The Labute approximate surface area is 308 Å². The summed E-state index contributed by atoms with van der Waals surface area (Å²) in [7, 11) is 5.50. The van der Waals surface area contributed by atoms with Crippen molar-refractivity contribution in [3.05, 3.63) is 0 Å². The molecule has 0 spiro atoms. The quantitative estimate of drug-likeness (QED) is 0.0388. The summed E-state index contributed by atoms with van der Waals surface area (Å²) in [6.45, 7) is 2.31. The second-order valence-corrected chi connectivity index (χ2v) is 12.3. The molecular formula is C32H62O21. The molecule has 0 aliphatic carbocycles. The van der Waals surface area contributed by atoms with E-state index in [4.69, 9.17) is 73.3 Å². The molecule has 13 atom stereocenters. The van der Waals surface area contributed by atoms with Gasteiger partial charge in [-0.1, -0.05) is 13.8 Å². The highest BCUT2D eigenvalue weighted by Gasteiger charge is 2.46. The third-order valence-electron chi connectivity index (χ3n) is 8.12. The number of ether oxygens (including phenoxy) is 9. The Bertz CT molecular complexity index is 943. The fourth-order valence-corrected chi connectivity index (χ4v) is 4.62. The number of hydrogen-bond acceptors (Lipinski definition) is 20. The minimum atomic E-state index is -1.12. The predicted molar refractivity (Wildman–Crippen MR) is 178 cm³/mol. The molecule has 2 aliphatic heterocycles. The Hall–Kier alpha value is -1.74. The number of carboxylic acid groups (broad SMARTS) is 1. The molecule has 10 N–H and O–H groups in total. The molecule has 21 heteroatoms. The van der Waals surface area contributed by atoms with E-state index < -0.39 is 104 Å². The van der Waals surface area contributed by atoms with Gasteiger partial charge < -0.3 is 93.7 Å². The Kier molecular flexibility index (Phi) is 27.7. The fourth-order valence-electron chi connectivity index (χ4n) is 4.62. The molecule has 0 aromatic rings. The molecule has 0 aromatic carbocycles. The molecule has 0 saturated carbocycles. The van der Waals surface area contributed by atoms with Crippen LogP contribution in [-0.4, -0.2) is 218 Å². The zero-order valence-electron chi connectivity index (χ0n) is 31.1. The minimum absolute atomic E-state index is 0.0264. The normalized spacial score (nSPS) is 30.3. The summed E-state index contributed by atoms with van der Waals surface area (Å²) in [5.74, 6) is -2.34. The van der Waals surface area contributed by atoms with Crippen molar-refractivity contribution in [1.29, 1.82) is 0 Å². The molecule has 53 heavy (non-hydrogen) atoms. The zero-order chi connectivity index (χ0) is 40.7. The summed E-state index contributed by atoms with van der Waals surface area (Å²) in [6.07, 6.45) is -10.7. The second-order valence-electron chi connectivity index (χ2n) is 12.3. The van der Waals surface area contributed by atoms with Gasteiger partial charge in [0.05, 0.1) is 44.9 Å². The van der Waals surface area contributed by atoms with Crippen LogP contribution in [0.25, 0.3) is 0 Å². The molecule has 316 valence electrons. The lowest BCUT2D eigenvalue weighted by atomic mass is 9.99. The van der Waals surface area contributed by atoms with Gasteiger partial charge in [0.2, 0.25) is 0 Å². The number of carbonyl (C=O) groups excluding carboxylic acids is 1. The summed E-state index contributed by atoms with van der Waals surface area (Å²) in [6, 6.07) is 0. The Morgan fingerprint density at radius 1 is 0.623 bits per heavy atom. The van der Waals surface area contributed by atoms with Gasteiger partial charge in [0.25, 0.3) is 0 Å². The van der Waals surface area contributed by atoms with Crippen LogP contribution in [-0.2, 0) is 52.2 Å². The van der Waals surface area contributed by atoms with Gasteiger partial charge in [-0.05, 0) is 12.8 Å². The van der Waals surface area contributed by atoms with Crippen LogP contribution in [0.1, 0.15) is 26.7 Å². The van der Waals surface area contributed by atoms with E-state index in [1.54, 1.807) is 13.8 Å². The van der Waals surface area contributed by atoms with Gasteiger partial charge in [-0.2, -0.15) is 0 Å². The van der Waals surface area contributed by atoms with E-state index in [-0.39, 0.29) is 46.2 Å². The summed E-state index contributed by atoms with van der Waals surface area (Å²) < 4.78 is 46.7. The predicted octanol–water partition coefficient (Wildman–Crippen LogP) is -4.41. The van der Waals surface area contributed by atoms with E-state index >= 15 is 0 Å². The number of carbonyl (C=O) groups is 2. The van der Waals surface area contributed by atoms with E-state index in [1.807, 2.05) is 0 Å². The summed E-state index contributed by atoms with van der Waals surface area (Å²) in [5, 5.41) is 90.7. The van der Waals surface area contributed by atoms with Gasteiger partial charge >= 0.3 is 11.9 Å². The van der Waals surface area contributed by atoms with E-state index in [9.17, 15) is 30.0 Å². The SMILES string of the molecule is COC1OC(COCCC(C)C(=O)O)C(O)C(OC)C1O.COC1OC(COCCC(C)C(=O)OCC(O)CO)C(O)C(OC)C1O.OCC(O)CO. The lowest BCUT2D eigenvalue weighted by molar-refractivity contribution is -0.300. The van der Waals surface area contributed by atoms with E-state index in [0.717, 1.165) is 0 Å². The van der Waals surface area contributed by atoms with Crippen molar-refractivity contribution in [3.8, 4) is 0 Å². The smallest absolute Gasteiger partial charge is 0.308 e. The number of rotatable bonds is 21. The molecule has 2 rings (SSSR count). The van der Waals surface area contributed by atoms with Crippen LogP contribution in [0, 0.1) is 11.8 Å². The van der Waals surface area contributed by atoms with Crippen LogP contribution in [0.15, 0.2) is 0 Å². The maximum absolute atomic E-state index is 11.7. The number of aliphatic hydroxyl groups is 9. The van der Waals surface area contributed by atoms with Gasteiger partial charge in [-0.25, -0.2) is 0 Å². The number of hydrogen-bond donors (Lipinski definition) is 10. The third-order valence-corrected chi connectivity index (χ3v) is 8.12. The number of aliphatic carboxylic acids is 1. The first-order chi connectivity index (χ1) is 25.1. The average molecular weight is 783 g/mol. The van der Waals surface area contributed by atoms with Gasteiger partial charge in [0.15, 0.2) is 12.6 Å². The maximum atomic E-state index is 11.7. The first-order valence-corrected chi connectivity index (χ1v) is 17.0. The summed E-state index contributed by atoms with van der Waals surface area (Å²) in [4.78, 5) is 22.4. The van der Waals surface area contributed by atoms with Gasteiger partial charge in [-0.15, -0.1) is 0 Å². The molecule has 0 amide bonds. The van der Waals surface area contributed by atoms with Crippen LogP contribution < -0.4 is 0 Å². The topological polar surface area (TPSA) is 320 Å². The highest BCUT2D eigenvalue weighted by Crippen LogP contribution is 2.25. The highest BCUT2D eigenvalue weighted by atomic mass is 16.7. The van der Waals surface area contributed by atoms with Crippen LogP contribution >= 0.6 is 0 Å². The van der Waals surface area contributed by atoms with E-state index in [1.165, 1.54) is 28.4 Å². The summed E-state index contributed by atoms with van der Waals surface area (Å²) in [5.41, 5.74) is 0. The van der Waals surface area contributed by atoms with Crippen molar-refractivity contribution in [1.82, 2.24) is 0 Å². The molecule has 0 radical (unpaired) electrons. The second kappa shape index (κ2) is 28.6. The zero-order valence-corrected chi connectivity index (χ0v) is 31.1. The first kappa shape index (κ1) is 51.3. The molecule has 2 saturated heterocycles. The average Bonchev–Trinajstić information content (AvgIpc) is 3.15. The van der Waals surface area contributed by atoms with Crippen molar-refractivity contribution in [2.75, 3.05) is 81.3 Å². The minimum Gasteiger partial charge on any atom is -0.481 e. The Morgan fingerprint density at radius 3 is 1.34 bits per heavy atom. The van der Waals surface area contributed by atoms with Crippen molar-refractivity contribution in [2.24, 2.45) is 11.8 Å². The van der Waals surface area contributed by atoms with Gasteiger partial charge in [-0.3, -0.25) is 9.59 Å². The molecule has 2 heterocycles. The van der Waals surface area contributed by atoms with Crippen LogP contribution in [0.2, 0.25) is 0 Å². The monoisotopic (exact) mass is 782 g/mol. The lowest BCUT2D eigenvalue weighted by Crippen LogP contribution is -2.59. The number of carboxylic acids is 1. The van der Waals surface area contributed by atoms with Crippen molar-refractivity contribution < 1.29 is 103 Å². The Balaban J connectivity index is 0.000000897. The molecule has 21 nitrogen and oxygen atoms in total. The van der Waals surface area contributed by atoms with E-state index in [0.29, 0.717) is 12.8 Å². The first-order valence-electron chi connectivity index (χ1n) is 17.0. The standard InChI is InChI=1S/C16H30O10.C13H24O8.C3H8O3/c1-9(15(21)25-7-10(18)6-17)4-5-24-8-11-12(19)14(22-2)13(20)16(23-3)26-11;1-7(12(16)17)4-5-20-6-8-9(14)11(18-2)10(15)13(19-3)21-8;4-1-3(6)2-5/h9-14,16-20H,4-8H2,1-3H3;7-11,13-15H,4-6H2,1-3H3,(H,16,17);3-6H,1-2H2. The molecule has 2 fully saturated rings. The largest absolute Gasteiger partial charge is 0.481 e. The van der Waals surface area contributed by atoms with Crippen LogP contribution in [0.4, 0.5) is 0 Å². The third kappa shape index (κ3) is 18.6. The van der Waals surface area contributed by atoms with Crippen molar-refractivity contribution in [3.63, 3.8) is 0 Å². The molecule has 0 aromatic heterocycles. The lowest BCUT2D eigenvalue weighted by Gasteiger charge is -2.41. The van der Waals surface area contributed by atoms with Crippen LogP contribution in [0.3, 0.4) is 0 Å².